The van der Waals surface area contributed by atoms with Crippen LogP contribution in [0, 0.1) is 19.7 Å². The number of amides is 1. The molecule has 10 heteroatoms. The molecule has 1 aliphatic rings. The lowest BCUT2D eigenvalue weighted by Gasteiger charge is -2.23. The van der Waals surface area contributed by atoms with Crippen LogP contribution in [0.5, 0.6) is 5.75 Å². The van der Waals surface area contributed by atoms with E-state index in [0.717, 1.165) is 28.2 Å². The topological polar surface area (TPSA) is 106 Å². The van der Waals surface area contributed by atoms with Gasteiger partial charge in [-0.2, -0.15) is 0 Å². The molecule has 0 radical (unpaired) electrons. The van der Waals surface area contributed by atoms with Crippen molar-refractivity contribution in [3.63, 3.8) is 0 Å². The lowest BCUT2D eigenvalue weighted by atomic mass is 9.95. The second-order valence-corrected chi connectivity index (χ2v) is 9.66. The molecule has 1 fully saturated rings. The Kier molecular flexibility index (Phi) is 7.91. The normalized spacial score (nSPS) is 16.7. The molecule has 1 saturated heterocycles. The van der Waals surface area contributed by atoms with E-state index in [1.54, 1.807) is 32.0 Å². The Balaban J connectivity index is 1.86. The summed E-state index contributed by atoms with van der Waals surface area (Å²) >= 11 is 0.906. The first-order valence-corrected chi connectivity index (χ1v) is 12.9. The quantitative estimate of drug-likeness (QED) is 0.175. The van der Waals surface area contributed by atoms with Crippen molar-refractivity contribution in [1.29, 1.82) is 0 Å². The van der Waals surface area contributed by atoms with Gasteiger partial charge in [-0.05, 0) is 68.7 Å². The smallest absolute Gasteiger partial charge is 0.350 e. The fourth-order valence-corrected chi connectivity index (χ4v) is 5.18. The number of benzene rings is 2. The van der Waals surface area contributed by atoms with Crippen molar-refractivity contribution >= 4 is 39.9 Å². The van der Waals surface area contributed by atoms with Crippen molar-refractivity contribution < 1.29 is 33.4 Å². The standard InChI is InChI=1S/C28H27FN2O6S/c1-5-13-37-20-12-9-18(14-15(20)3)23(32)21-22(17-7-10-19(29)11-8-17)31(26(34)24(21)33)28-30-16(4)25(38-28)27(35)36-6-2/h7-12,14,22,32H,5-6,13H2,1-4H3/t22-/m1/s1. The molecule has 198 valence electrons. The van der Waals surface area contributed by atoms with Crippen LogP contribution in [-0.2, 0) is 14.3 Å². The summed E-state index contributed by atoms with van der Waals surface area (Å²) in [5.41, 5.74) is 1.61. The van der Waals surface area contributed by atoms with E-state index < -0.39 is 29.5 Å². The summed E-state index contributed by atoms with van der Waals surface area (Å²) in [6.45, 7) is 7.76. The minimum Gasteiger partial charge on any atom is -0.507 e. The number of carbonyl (C=O) groups excluding carboxylic acids is 3. The van der Waals surface area contributed by atoms with Gasteiger partial charge in [-0.1, -0.05) is 30.4 Å². The number of aliphatic hydroxyl groups excluding tert-OH is 1. The molecular formula is C28H27FN2O6S. The van der Waals surface area contributed by atoms with Crippen molar-refractivity contribution in [2.45, 2.75) is 40.2 Å². The maximum atomic E-state index is 13.8. The molecule has 3 aromatic rings. The Labute approximate surface area is 223 Å². The van der Waals surface area contributed by atoms with Crippen LogP contribution >= 0.6 is 11.3 Å². The molecule has 2 heterocycles. The SMILES string of the molecule is CCCOc1ccc(C(O)=C2C(=O)C(=O)N(c3nc(C)c(C(=O)OCC)s3)[C@@H]2c2ccc(F)cc2)cc1C. The fourth-order valence-electron chi connectivity index (χ4n) is 4.19. The third-order valence-corrected chi connectivity index (χ3v) is 7.13. The van der Waals surface area contributed by atoms with Gasteiger partial charge in [0.1, 0.15) is 22.2 Å². The van der Waals surface area contributed by atoms with Crippen LogP contribution in [0.1, 0.15) is 58.4 Å². The van der Waals surface area contributed by atoms with Gasteiger partial charge < -0.3 is 14.6 Å². The molecule has 38 heavy (non-hydrogen) atoms. The molecule has 0 spiro atoms. The van der Waals surface area contributed by atoms with Gasteiger partial charge in [0.25, 0.3) is 5.78 Å². The van der Waals surface area contributed by atoms with Crippen LogP contribution < -0.4 is 9.64 Å². The summed E-state index contributed by atoms with van der Waals surface area (Å²) in [4.78, 5) is 44.8. The molecule has 4 rings (SSSR count). The molecule has 1 aliphatic heterocycles. The maximum Gasteiger partial charge on any atom is 0.350 e. The largest absolute Gasteiger partial charge is 0.507 e. The van der Waals surface area contributed by atoms with Crippen LogP contribution in [0.2, 0.25) is 0 Å². The molecule has 0 aliphatic carbocycles. The summed E-state index contributed by atoms with van der Waals surface area (Å²) in [5, 5.41) is 11.4. The minimum absolute atomic E-state index is 0.0838. The first-order valence-electron chi connectivity index (χ1n) is 12.1. The highest BCUT2D eigenvalue weighted by atomic mass is 32.1. The van der Waals surface area contributed by atoms with Gasteiger partial charge in [0.05, 0.1) is 30.5 Å². The second kappa shape index (κ2) is 11.1. The molecule has 1 aromatic heterocycles. The van der Waals surface area contributed by atoms with Gasteiger partial charge in [-0.3, -0.25) is 14.5 Å². The molecular weight excluding hydrogens is 511 g/mol. The summed E-state index contributed by atoms with van der Waals surface area (Å²) in [5.74, 6) is -2.69. The second-order valence-electron chi connectivity index (χ2n) is 8.68. The summed E-state index contributed by atoms with van der Waals surface area (Å²) in [6, 6.07) is 9.15. The van der Waals surface area contributed by atoms with Crippen LogP contribution in [-0.4, -0.2) is 41.0 Å². The maximum absolute atomic E-state index is 13.8. The Morgan fingerprint density at radius 2 is 1.84 bits per heavy atom. The Bertz CT molecular complexity index is 1430. The highest BCUT2D eigenvalue weighted by molar-refractivity contribution is 7.17. The molecule has 0 bridgehead atoms. The van der Waals surface area contributed by atoms with E-state index in [1.807, 2.05) is 13.8 Å². The van der Waals surface area contributed by atoms with Crippen molar-refractivity contribution in [2.75, 3.05) is 18.1 Å². The van der Waals surface area contributed by atoms with Crippen molar-refractivity contribution in [1.82, 2.24) is 4.98 Å². The Morgan fingerprint density at radius 1 is 1.13 bits per heavy atom. The average molecular weight is 539 g/mol. The number of aryl methyl sites for hydroxylation is 2. The zero-order valence-corrected chi connectivity index (χ0v) is 22.2. The summed E-state index contributed by atoms with van der Waals surface area (Å²) in [7, 11) is 0. The summed E-state index contributed by atoms with van der Waals surface area (Å²) in [6.07, 6.45) is 0.830. The molecule has 1 atom stereocenters. The molecule has 2 aromatic carbocycles. The lowest BCUT2D eigenvalue weighted by Crippen LogP contribution is -2.29. The lowest BCUT2D eigenvalue weighted by molar-refractivity contribution is -0.132. The number of nitrogens with zero attached hydrogens (tertiary/aromatic N) is 2. The third-order valence-electron chi connectivity index (χ3n) is 5.99. The van der Waals surface area contributed by atoms with E-state index >= 15 is 0 Å². The van der Waals surface area contributed by atoms with Crippen LogP contribution in [0.15, 0.2) is 48.0 Å². The van der Waals surface area contributed by atoms with Gasteiger partial charge in [-0.15, -0.1) is 0 Å². The highest BCUT2D eigenvalue weighted by Gasteiger charge is 2.48. The number of thiazole rings is 1. The number of Topliss-reactive ketones (excluding diaryl/α,β-unsaturated/α-hetero) is 1. The Hall–Kier alpha value is -4.05. The number of carbonyl (C=O) groups is 3. The number of ketones is 1. The van der Waals surface area contributed by atoms with Crippen molar-refractivity contribution in [2.24, 2.45) is 0 Å². The van der Waals surface area contributed by atoms with E-state index in [4.69, 9.17) is 9.47 Å². The zero-order chi connectivity index (χ0) is 27.6. The van der Waals surface area contributed by atoms with E-state index in [9.17, 15) is 23.9 Å². The minimum atomic E-state index is -1.10. The number of rotatable bonds is 8. The Morgan fingerprint density at radius 3 is 2.47 bits per heavy atom. The van der Waals surface area contributed by atoms with Crippen LogP contribution in [0.3, 0.4) is 0 Å². The number of hydrogen-bond donors (Lipinski definition) is 1. The molecule has 0 saturated carbocycles. The van der Waals surface area contributed by atoms with Gasteiger partial charge in [0.15, 0.2) is 5.13 Å². The first-order chi connectivity index (χ1) is 18.2. The van der Waals surface area contributed by atoms with Crippen LogP contribution in [0.4, 0.5) is 9.52 Å². The number of halogens is 1. The number of hydrogen-bond acceptors (Lipinski definition) is 8. The number of aromatic nitrogens is 1. The van der Waals surface area contributed by atoms with E-state index in [1.165, 1.54) is 24.3 Å². The third kappa shape index (κ3) is 5.04. The van der Waals surface area contributed by atoms with Crippen molar-refractivity contribution in [3.05, 3.63) is 81.1 Å². The average Bonchev–Trinajstić information content (AvgIpc) is 3.40. The number of anilines is 1. The van der Waals surface area contributed by atoms with E-state index in [0.29, 0.717) is 29.2 Å². The number of aliphatic hydroxyl groups is 1. The van der Waals surface area contributed by atoms with Gasteiger partial charge in [0.2, 0.25) is 0 Å². The van der Waals surface area contributed by atoms with Gasteiger partial charge in [-0.25, -0.2) is 14.2 Å². The zero-order valence-electron chi connectivity index (χ0n) is 21.4. The fraction of sp³-hybridized carbons (Fsp3) is 0.286. The molecule has 1 amide bonds. The monoisotopic (exact) mass is 538 g/mol. The number of ether oxygens (including phenoxy) is 2. The van der Waals surface area contributed by atoms with Crippen molar-refractivity contribution in [3.8, 4) is 5.75 Å². The molecule has 0 unspecified atom stereocenters. The highest BCUT2D eigenvalue weighted by Crippen LogP contribution is 2.44. The van der Waals surface area contributed by atoms with Gasteiger partial charge >= 0.3 is 11.9 Å². The summed E-state index contributed by atoms with van der Waals surface area (Å²) < 4.78 is 24.6. The van der Waals surface area contributed by atoms with E-state index in [-0.39, 0.29) is 27.9 Å². The number of esters is 1. The predicted octanol–water partition coefficient (Wildman–Crippen LogP) is 5.49. The first kappa shape index (κ1) is 27.0. The van der Waals surface area contributed by atoms with Gasteiger partial charge in [0, 0.05) is 5.56 Å². The molecule has 8 nitrogen and oxygen atoms in total. The van der Waals surface area contributed by atoms with E-state index in [2.05, 4.69) is 4.98 Å². The molecule has 1 N–H and O–H groups in total. The van der Waals surface area contributed by atoms with Crippen LogP contribution in [0.25, 0.3) is 5.76 Å². The predicted molar refractivity (Wildman–Crippen MR) is 141 cm³/mol.